The zero-order chi connectivity index (χ0) is 16.3. The van der Waals surface area contributed by atoms with Crippen LogP contribution in [-0.4, -0.2) is 27.3 Å². The van der Waals surface area contributed by atoms with E-state index in [0.717, 1.165) is 10.6 Å². The van der Waals surface area contributed by atoms with Crippen LogP contribution in [0, 0.1) is 6.92 Å². The van der Waals surface area contributed by atoms with Gasteiger partial charge in [0.25, 0.3) is 0 Å². The average Bonchev–Trinajstić information content (AvgIpc) is 3.06. The van der Waals surface area contributed by atoms with Crippen molar-refractivity contribution in [1.82, 2.24) is 15.1 Å². The van der Waals surface area contributed by atoms with Gasteiger partial charge in [0.15, 0.2) is 0 Å². The molecule has 7 heteroatoms. The van der Waals surface area contributed by atoms with Gasteiger partial charge in [-0.1, -0.05) is 17.7 Å². The van der Waals surface area contributed by atoms with Crippen LogP contribution >= 0.6 is 22.9 Å². The highest BCUT2D eigenvalue weighted by molar-refractivity contribution is 7.10. The Morgan fingerprint density at radius 1 is 1.64 bits per heavy atom. The van der Waals surface area contributed by atoms with E-state index in [1.807, 2.05) is 24.4 Å². The normalized spacial score (nSPS) is 14.2. The fourth-order valence-electron chi connectivity index (χ4n) is 1.99. The minimum absolute atomic E-state index is 0.135. The first-order valence-corrected chi connectivity index (χ1v) is 7.98. The summed E-state index contributed by atoms with van der Waals surface area (Å²) in [6, 6.07) is 3.70. The summed E-state index contributed by atoms with van der Waals surface area (Å²) < 4.78 is 1.55. The van der Waals surface area contributed by atoms with Crippen LogP contribution in [0.2, 0.25) is 5.15 Å². The molecule has 0 aromatic carbocycles. The molecule has 1 amide bonds. The second-order valence-corrected chi connectivity index (χ2v) is 6.52. The molecular weight excluding hydrogens is 322 g/mol. The molecule has 0 radical (unpaired) electrons. The number of amides is 1. The lowest BCUT2D eigenvalue weighted by Gasteiger charge is -2.21. The molecule has 118 valence electrons. The molecule has 0 aliphatic rings. The fraction of sp³-hybridized carbons (Fsp3) is 0.333. The number of aryl methyl sites for hydroxylation is 2. The number of nitrogens with one attached hydrogen (secondary N) is 1. The SMILES string of the molecule is Cc1nn(C)c(Cl)c1C=CC(=O)NCC(C)(O)c1cccs1. The highest BCUT2D eigenvalue weighted by Crippen LogP contribution is 2.24. The van der Waals surface area contributed by atoms with Crippen molar-refractivity contribution < 1.29 is 9.90 Å². The number of carbonyl (C=O) groups excluding carboxylic acids is 1. The average molecular weight is 340 g/mol. The van der Waals surface area contributed by atoms with Crippen molar-refractivity contribution in [3.05, 3.63) is 44.9 Å². The van der Waals surface area contributed by atoms with Gasteiger partial charge in [-0.2, -0.15) is 5.10 Å². The molecule has 22 heavy (non-hydrogen) atoms. The molecule has 0 fully saturated rings. The second kappa shape index (κ2) is 6.64. The maximum atomic E-state index is 11.9. The van der Waals surface area contributed by atoms with Crippen LogP contribution < -0.4 is 5.32 Å². The van der Waals surface area contributed by atoms with Crippen LogP contribution in [0.25, 0.3) is 6.08 Å². The van der Waals surface area contributed by atoms with Crippen molar-refractivity contribution in [1.29, 1.82) is 0 Å². The van der Waals surface area contributed by atoms with Crippen molar-refractivity contribution in [2.45, 2.75) is 19.4 Å². The van der Waals surface area contributed by atoms with Crippen LogP contribution in [0.1, 0.15) is 23.1 Å². The molecule has 2 heterocycles. The van der Waals surface area contributed by atoms with Gasteiger partial charge in [-0.25, -0.2) is 0 Å². The lowest BCUT2D eigenvalue weighted by Crippen LogP contribution is -2.37. The molecule has 2 aromatic rings. The van der Waals surface area contributed by atoms with E-state index in [1.165, 1.54) is 17.4 Å². The zero-order valence-corrected chi connectivity index (χ0v) is 14.2. The van der Waals surface area contributed by atoms with Crippen molar-refractivity contribution in [3.8, 4) is 0 Å². The lowest BCUT2D eigenvalue weighted by molar-refractivity contribution is -0.117. The van der Waals surface area contributed by atoms with E-state index in [0.29, 0.717) is 10.7 Å². The van der Waals surface area contributed by atoms with Crippen molar-refractivity contribution in [2.75, 3.05) is 6.54 Å². The molecule has 2 N–H and O–H groups in total. The second-order valence-electron chi connectivity index (χ2n) is 5.22. The van der Waals surface area contributed by atoms with Crippen LogP contribution in [-0.2, 0) is 17.4 Å². The smallest absolute Gasteiger partial charge is 0.244 e. The topological polar surface area (TPSA) is 67.2 Å². The van der Waals surface area contributed by atoms with Gasteiger partial charge < -0.3 is 10.4 Å². The number of halogens is 1. The monoisotopic (exact) mass is 339 g/mol. The molecule has 0 aliphatic heterocycles. The third-order valence-electron chi connectivity index (χ3n) is 3.26. The molecule has 0 spiro atoms. The fourth-order valence-corrected chi connectivity index (χ4v) is 3.01. The number of hydrogen-bond donors (Lipinski definition) is 2. The van der Waals surface area contributed by atoms with Crippen LogP contribution in [0.3, 0.4) is 0 Å². The van der Waals surface area contributed by atoms with Gasteiger partial charge in [0.1, 0.15) is 10.8 Å². The van der Waals surface area contributed by atoms with E-state index in [2.05, 4.69) is 10.4 Å². The molecule has 2 aromatic heterocycles. The number of aliphatic hydroxyl groups is 1. The Morgan fingerprint density at radius 3 is 2.91 bits per heavy atom. The predicted molar refractivity (Wildman–Crippen MR) is 88.9 cm³/mol. The highest BCUT2D eigenvalue weighted by Gasteiger charge is 2.24. The number of rotatable bonds is 5. The number of carbonyl (C=O) groups is 1. The molecule has 1 atom stereocenters. The van der Waals surface area contributed by atoms with Gasteiger partial charge in [0.2, 0.25) is 5.91 Å². The Kier molecular flexibility index (Phi) is 5.05. The van der Waals surface area contributed by atoms with Gasteiger partial charge in [-0.05, 0) is 31.4 Å². The van der Waals surface area contributed by atoms with E-state index in [1.54, 1.807) is 24.7 Å². The van der Waals surface area contributed by atoms with Gasteiger partial charge in [-0.15, -0.1) is 11.3 Å². The minimum Gasteiger partial charge on any atom is -0.383 e. The minimum atomic E-state index is -1.08. The van der Waals surface area contributed by atoms with Crippen molar-refractivity contribution in [3.63, 3.8) is 0 Å². The Morgan fingerprint density at radius 2 is 2.36 bits per heavy atom. The number of thiophene rings is 1. The zero-order valence-electron chi connectivity index (χ0n) is 12.6. The first-order valence-electron chi connectivity index (χ1n) is 6.72. The Bertz CT molecular complexity index is 690. The lowest BCUT2D eigenvalue weighted by atomic mass is 10.1. The molecule has 2 rings (SSSR count). The molecule has 0 saturated carbocycles. The third kappa shape index (κ3) is 3.76. The van der Waals surface area contributed by atoms with Gasteiger partial charge in [0.05, 0.1) is 12.2 Å². The molecule has 1 unspecified atom stereocenters. The number of hydrogen-bond acceptors (Lipinski definition) is 4. The van der Waals surface area contributed by atoms with E-state index in [-0.39, 0.29) is 12.5 Å². The summed E-state index contributed by atoms with van der Waals surface area (Å²) in [5, 5.41) is 19.6. The first-order chi connectivity index (χ1) is 10.3. The van der Waals surface area contributed by atoms with E-state index < -0.39 is 5.60 Å². The summed E-state index contributed by atoms with van der Waals surface area (Å²) in [4.78, 5) is 12.7. The predicted octanol–water partition coefficient (Wildman–Crippen LogP) is 2.48. The Balaban J connectivity index is 1.97. The molecule has 0 saturated heterocycles. The van der Waals surface area contributed by atoms with Gasteiger partial charge in [0, 0.05) is 23.6 Å². The maximum Gasteiger partial charge on any atom is 0.244 e. The number of aromatic nitrogens is 2. The summed E-state index contributed by atoms with van der Waals surface area (Å²) in [7, 11) is 1.74. The van der Waals surface area contributed by atoms with E-state index in [4.69, 9.17) is 11.6 Å². The summed E-state index contributed by atoms with van der Waals surface area (Å²) in [6.45, 7) is 3.63. The van der Waals surface area contributed by atoms with Crippen LogP contribution in [0.5, 0.6) is 0 Å². The van der Waals surface area contributed by atoms with Crippen LogP contribution in [0.15, 0.2) is 23.6 Å². The molecule has 0 bridgehead atoms. The first kappa shape index (κ1) is 16.7. The van der Waals surface area contributed by atoms with Gasteiger partial charge >= 0.3 is 0 Å². The summed E-state index contributed by atoms with van der Waals surface area (Å²) >= 11 is 7.54. The highest BCUT2D eigenvalue weighted by atomic mass is 35.5. The van der Waals surface area contributed by atoms with Gasteiger partial charge in [-0.3, -0.25) is 9.48 Å². The third-order valence-corrected chi connectivity index (χ3v) is 4.83. The number of nitrogens with zero attached hydrogens (tertiary/aromatic N) is 2. The van der Waals surface area contributed by atoms with Crippen molar-refractivity contribution in [2.24, 2.45) is 7.05 Å². The molecular formula is C15H18ClN3O2S. The summed E-state index contributed by atoms with van der Waals surface area (Å²) in [5.41, 5.74) is 0.381. The standard InChI is InChI=1S/C15H18ClN3O2S/c1-10-11(14(16)19(3)18-10)6-7-13(20)17-9-15(2,21)12-5-4-8-22-12/h4-8,21H,9H2,1-3H3,(H,17,20). The molecule has 0 aliphatic carbocycles. The van der Waals surface area contributed by atoms with E-state index >= 15 is 0 Å². The summed E-state index contributed by atoms with van der Waals surface area (Å²) in [5.74, 6) is -0.295. The quantitative estimate of drug-likeness (QED) is 0.822. The molecule has 5 nitrogen and oxygen atoms in total. The Hall–Kier alpha value is -1.63. The maximum absolute atomic E-state index is 11.9. The largest absolute Gasteiger partial charge is 0.383 e. The van der Waals surface area contributed by atoms with E-state index in [9.17, 15) is 9.90 Å². The Labute approximate surface area is 138 Å². The summed E-state index contributed by atoms with van der Waals surface area (Å²) in [6.07, 6.45) is 3.01. The van der Waals surface area contributed by atoms with Crippen LogP contribution in [0.4, 0.5) is 0 Å². The van der Waals surface area contributed by atoms with Crippen molar-refractivity contribution >= 4 is 34.9 Å².